The first-order valence-electron chi connectivity index (χ1n) is 13.3. The topological polar surface area (TPSA) is 139 Å². The second-order valence-corrected chi connectivity index (χ2v) is 13.4. The zero-order chi connectivity index (χ0) is 29.1. The predicted octanol–water partition coefficient (Wildman–Crippen LogP) is 3.09. The first-order valence-corrected chi connectivity index (χ1v) is 15.8. The van der Waals surface area contributed by atoms with E-state index in [1.807, 2.05) is 32.0 Å². The molecule has 0 radical (unpaired) electrons. The number of hydrogen-bond acceptors (Lipinski definition) is 9. The van der Waals surface area contributed by atoms with Crippen molar-refractivity contribution in [3.8, 4) is 15.6 Å². The number of nitrogens with zero attached hydrogens (tertiary/aromatic N) is 4. The Morgan fingerprint density at radius 3 is 2.54 bits per heavy atom. The molecular weight excluding hydrogens is 566 g/mol. The smallest absolute Gasteiger partial charge is 0.399 e. The number of aromatic nitrogens is 2. The van der Waals surface area contributed by atoms with Crippen LogP contribution in [0.4, 0.5) is 4.79 Å². The van der Waals surface area contributed by atoms with E-state index < -0.39 is 40.1 Å². The summed E-state index contributed by atoms with van der Waals surface area (Å²) in [5, 5.41) is 3.03. The molecule has 5 heterocycles. The van der Waals surface area contributed by atoms with Crippen molar-refractivity contribution in [1.29, 1.82) is 0 Å². The lowest BCUT2D eigenvalue weighted by molar-refractivity contribution is -0.138. The maximum absolute atomic E-state index is 13.7. The van der Waals surface area contributed by atoms with Crippen molar-refractivity contribution in [2.45, 2.75) is 50.6 Å². The number of ether oxygens (including phenoxy) is 1. The summed E-state index contributed by atoms with van der Waals surface area (Å²) in [6.45, 7) is 3.76. The Morgan fingerprint density at radius 1 is 1.10 bits per heavy atom. The first kappa shape index (κ1) is 28.8. The molecule has 1 N–H and O–H groups in total. The third-order valence-corrected chi connectivity index (χ3v) is 9.82. The molecule has 41 heavy (non-hydrogen) atoms. The van der Waals surface area contributed by atoms with Gasteiger partial charge in [0.15, 0.2) is 10.8 Å². The largest absolute Gasteiger partial charge is 0.414 e. The fourth-order valence-corrected chi connectivity index (χ4v) is 7.81. The van der Waals surface area contributed by atoms with Crippen LogP contribution in [-0.4, -0.2) is 76.6 Å². The molecule has 3 aromatic rings. The molecule has 2 saturated heterocycles. The van der Waals surface area contributed by atoms with E-state index in [-0.39, 0.29) is 30.5 Å². The van der Waals surface area contributed by atoms with Gasteiger partial charge in [0.25, 0.3) is 0 Å². The van der Waals surface area contributed by atoms with Gasteiger partial charge in [-0.2, -0.15) is 4.31 Å². The van der Waals surface area contributed by atoms with Gasteiger partial charge in [-0.15, -0.1) is 0 Å². The van der Waals surface area contributed by atoms with Gasteiger partial charge in [0, 0.05) is 18.9 Å². The number of hydrogen-bond donors (Lipinski definition) is 1. The van der Waals surface area contributed by atoms with E-state index in [1.165, 1.54) is 26.7 Å². The van der Waals surface area contributed by atoms with Crippen LogP contribution in [0.1, 0.15) is 32.4 Å². The van der Waals surface area contributed by atoms with Crippen molar-refractivity contribution in [1.82, 2.24) is 24.5 Å². The van der Waals surface area contributed by atoms with Gasteiger partial charge in [0.2, 0.25) is 15.9 Å². The zero-order valence-electron chi connectivity index (χ0n) is 22.7. The minimum Gasteiger partial charge on any atom is -0.399 e. The average molecular weight is 598 g/mol. The monoisotopic (exact) mass is 597 g/mol. The average Bonchev–Trinajstić information content (AvgIpc) is 3.66. The molecule has 216 valence electrons. The second kappa shape index (κ2) is 12.0. The van der Waals surface area contributed by atoms with E-state index >= 15 is 0 Å². The van der Waals surface area contributed by atoms with Crippen LogP contribution in [0.2, 0.25) is 0 Å². The van der Waals surface area contributed by atoms with Gasteiger partial charge in [-0.1, -0.05) is 37.3 Å². The van der Waals surface area contributed by atoms with Crippen LogP contribution < -0.4 is 10.1 Å². The van der Waals surface area contributed by atoms with Crippen LogP contribution in [0.15, 0.2) is 60.9 Å². The molecule has 2 fully saturated rings. The zero-order valence-corrected chi connectivity index (χ0v) is 24.3. The van der Waals surface area contributed by atoms with Crippen molar-refractivity contribution in [3.05, 3.63) is 66.6 Å². The van der Waals surface area contributed by atoms with E-state index in [4.69, 9.17) is 4.74 Å². The third-order valence-electron chi connectivity index (χ3n) is 7.06. The highest BCUT2D eigenvalue weighted by atomic mass is 32.2. The van der Waals surface area contributed by atoms with Crippen molar-refractivity contribution < 1.29 is 27.5 Å². The Labute approximate surface area is 242 Å². The molecule has 2 aliphatic rings. The van der Waals surface area contributed by atoms with Crippen LogP contribution in [-0.2, 0) is 25.4 Å². The number of amides is 2. The predicted molar refractivity (Wildman–Crippen MR) is 152 cm³/mol. The summed E-state index contributed by atoms with van der Waals surface area (Å²) in [4.78, 5) is 50.3. The fraction of sp³-hybridized carbons (Fsp3) is 0.393. The van der Waals surface area contributed by atoms with Gasteiger partial charge in [0.05, 0.1) is 28.9 Å². The Balaban J connectivity index is 1.26. The Morgan fingerprint density at radius 2 is 1.85 bits per heavy atom. The molecule has 0 saturated carbocycles. The summed E-state index contributed by atoms with van der Waals surface area (Å²) in [7, 11) is -3.84. The molecular formula is C28H31N5O6S2. The van der Waals surface area contributed by atoms with Gasteiger partial charge in [-0.3, -0.25) is 19.6 Å². The first-order chi connectivity index (χ1) is 19.6. The summed E-state index contributed by atoms with van der Waals surface area (Å²) in [6, 6.07) is 11.5. The molecule has 3 atom stereocenters. The number of Topliss-reactive ketones (excluding diaryl/α,β-unsaturated/α-hetero) is 1. The number of carbonyl (C=O) groups is 3. The standard InChI is InChI=1S/C28H31N5O6S2/c1-18(2)15-21(31-28(36)39-25-10-9-24(40-25)20-8-4-6-13-30-20)27(35)32-14-11-22-26(32)23(34)16-33(22)41(37,38)17-19-7-3-5-12-29-19/h3-10,12-13,18,21-22,26H,11,14-17H2,1-2H3,(H,31,36). The molecule has 2 amide bonds. The molecule has 13 heteroatoms. The summed E-state index contributed by atoms with van der Waals surface area (Å²) in [5.41, 5.74) is 1.13. The van der Waals surface area contributed by atoms with Gasteiger partial charge in [-0.05, 0) is 55.2 Å². The van der Waals surface area contributed by atoms with Gasteiger partial charge < -0.3 is 15.0 Å². The summed E-state index contributed by atoms with van der Waals surface area (Å²) < 4.78 is 33.1. The molecule has 3 aromatic heterocycles. The van der Waals surface area contributed by atoms with E-state index in [1.54, 1.807) is 36.5 Å². The molecule has 0 aromatic carbocycles. The Hall–Kier alpha value is -3.68. The highest BCUT2D eigenvalue weighted by Gasteiger charge is 2.54. The van der Waals surface area contributed by atoms with Gasteiger partial charge >= 0.3 is 6.09 Å². The van der Waals surface area contributed by atoms with Crippen molar-refractivity contribution in [2.24, 2.45) is 5.92 Å². The molecule has 2 aliphatic heterocycles. The molecule has 5 rings (SSSR count). The number of ketones is 1. The lowest BCUT2D eigenvalue weighted by atomic mass is 10.0. The number of nitrogens with one attached hydrogen (secondary N) is 1. The SMILES string of the molecule is CC(C)CC(NC(=O)Oc1ccc(-c2ccccn2)s1)C(=O)N1CCC2C1C(=O)CN2S(=O)(=O)Cc1ccccn1. The number of fused-ring (bicyclic) bond motifs is 1. The van der Waals surface area contributed by atoms with Crippen LogP contribution in [0, 0.1) is 5.92 Å². The number of carbonyl (C=O) groups excluding carboxylic acids is 3. The maximum atomic E-state index is 13.7. The molecule has 0 aliphatic carbocycles. The Bertz CT molecular complexity index is 1510. The molecule has 0 bridgehead atoms. The van der Waals surface area contributed by atoms with Crippen LogP contribution in [0.5, 0.6) is 5.06 Å². The third kappa shape index (κ3) is 6.47. The number of thiophene rings is 1. The minimum atomic E-state index is -3.84. The fourth-order valence-electron chi connectivity index (χ4n) is 5.31. The Kier molecular flexibility index (Phi) is 8.47. The normalized spacial score (nSPS) is 19.8. The highest BCUT2D eigenvalue weighted by Crippen LogP contribution is 2.34. The van der Waals surface area contributed by atoms with Crippen molar-refractivity contribution >= 4 is 39.1 Å². The number of pyridine rings is 2. The van der Waals surface area contributed by atoms with Gasteiger partial charge in [0.1, 0.15) is 17.8 Å². The molecule has 0 spiro atoms. The second-order valence-electron chi connectivity index (χ2n) is 10.5. The lowest BCUT2D eigenvalue weighted by Gasteiger charge is -2.28. The minimum absolute atomic E-state index is 0.0506. The number of likely N-dealkylation sites (tertiary alicyclic amines) is 1. The molecule has 3 unspecified atom stereocenters. The number of rotatable bonds is 9. The van der Waals surface area contributed by atoms with Crippen LogP contribution >= 0.6 is 11.3 Å². The van der Waals surface area contributed by atoms with E-state index in [0.29, 0.717) is 23.6 Å². The van der Waals surface area contributed by atoms with Crippen LogP contribution in [0.3, 0.4) is 0 Å². The van der Waals surface area contributed by atoms with Crippen molar-refractivity contribution in [3.63, 3.8) is 0 Å². The van der Waals surface area contributed by atoms with Crippen molar-refractivity contribution in [2.75, 3.05) is 13.1 Å². The van der Waals surface area contributed by atoms with E-state index in [2.05, 4.69) is 15.3 Å². The van der Waals surface area contributed by atoms with Gasteiger partial charge in [-0.25, -0.2) is 13.2 Å². The van der Waals surface area contributed by atoms with E-state index in [0.717, 1.165) is 10.6 Å². The summed E-state index contributed by atoms with van der Waals surface area (Å²) in [5.74, 6) is -1.04. The summed E-state index contributed by atoms with van der Waals surface area (Å²) >= 11 is 1.25. The number of sulfonamides is 1. The molecule has 11 nitrogen and oxygen atoms in total. The van der Waals surface area contributed by atoms with E-state index in [9.17, 15) is 22.8 Å². The maximum Gasteiger partial charge on any atom is 0.414 e. The highest BCUT2D eigenvalue weighted by molar-refractivity contribution is 7.88. The lowest BCUT2D eigenvalue weighted by Crippen LogP contribution is -2.53. The summed E-state index contributed by atoms with van der Waals surface area (Å²) in [6.07, 6.45) is 3.06. The van der Waals surface area contributed by atoms with Crippen LogP contribution in [0.25, 0.3) is 10.6 Å². The quantitative estimate of drug-likeness (QED) is 0.397.